The summed E-state index contributed by atoms with van der Waals surface area (Å²) < 4.78 is 24.7. The molecule has 3 aromatic rings. The van der Waals surface area contributed by atoms with Gasteiger partial charge in [0.1, 0.15) is 17.6 Å². The van der Waals surface area contributed by atoms with E-state index in [4.69, 9.17) is 20.9 Å². The number of rotatable bonds is 4. The molecular formula is C20H17ClFN3O3. The number of methoxy groups -OCH3 is 1. The van der Waals surface area contributed by atoms with Crippen molar-refractivity contribution in [1.82, 2.24) is 15.0 Å². The Hall–Kier alpha value is -2.93. The van der Waals surface area contributed by atoms with Crippen molar-refractivity contribution < 1.29 is 18.4 Å². The van der Waals surface area contributed by atoms with Crippen LogP contribution in [0.25, 0.3) is 11.4 Å². The highest BCUT2D eigenvalue weighted by Crippen LogP contribution is 2.34. The highest BCUT2D eigenvalue weighted by molar-refractivity contribution is 6.31. The fourth-order valence-corrected chi connectivity index (χ4v) is 3.48. The molecule has 4 rings (SSSR count). The highest BCUT2D eigenvalue weighted by Gasteiger charge is 2.35. The molecule has 1 atom stereocenters. The van der Waals surface area contributed by atoms with Crippen LogP contribution in [0, 0.1) is 5.82 Å². The third-order valence-electron chi connectivity index (χ3n) is 4.75. The summed E-state index contributed by atoms with van der Waals surface area (Å²) in [6.45, 7) is 0.482. The summed E-state index contributed by atoms with van der Waals surface area (Å²) in [5.74, 6) is 0.435. The van der Waals surface area contributed by atoms with E-state index in [2.05, 4.69) is 10.1 Å². The van der Waals surface area contributed by atoms with Gasteiger partial charge in [-0.05, 0) is 55.3 Å². The molecule has 2 heterocycles. The molecule has 0 radical (unpaired) electrons. The fourth-order valence-electron chi connectivity index (χ4n) is 3.31. The van der Waals surface area contributed by atoms with Gasteiger partial charge >= 0.3 is 0 Å². The van der Waals surface area contributed by atoms with Crippen LogP contribution in [0.4, 0.5) is 4.39 Å². The number of likely N-dealkylation sites (tertiary alicyclic amines) is 1. The van der Waals surface area contributed by atoms with Crippen LogP contribution >= 0.6 is 11.6 Å². The average Bonchev–Trinajstić information content (AvgIpc) is 3.38. The number of ether oxygens (including phenoxy) is 1. The van der Waals surface area contributed by atoms with E-state index in [1.807, 2.05) is 12.1 Å². The molecule has 1 aliphatic heterocycles. The Labute approximate surface area is 165 Å². The highest BCUT2D eigenvalue weighted by atomic mass is 35.5. The van der Waals surface area contributed by atoms with E-state index < -0.39 is 17.8 Å². The van der Waals surface area contributed by atoms with Gasteiger partial charge in [-0.15, -0.1) is 0 Å². The minimum absolute atomic E-state index is 0.0608. The van der Waals surface area contributed by atoms with E-state index in [0.717, 1.165) is 17.7 Å². The van der Waals surface area contributed by atoms with Gasteiger partial charge < -0.3 is 14.2 Å². The molecule has 1 unspecified atom stereocenters. The number of benzene rings is 2. The number of carbonyl (C=O) groups excluding carboxylic acids is 1. The third kappa shape index (κ3) is 3.45. The molecule has 1 amide bonds. The first-order valence-corrected chi connectivity index (χ1v) is 9.18. The van der Waals surface area contributed by atoms with Crippen LogP contribution in [0.5, 0.6) is 5.75 Å². The Morgan fingerprint density at radius 3 is 2.82 bits per heavy atom. The lowest BCUT2D eigenvalue weighted by Gasteiger charge is -2.22. The summed E-state index contributed by atoms with van der Waals surface area (Å²) in [5.41, 5.74) is 0.710. The topological polar surface area (TPSA) is 68.5 Å². The monoisotopic (exact) mass is 401 g/mol. The number of carbonyl (C=O) groups is 1. The summed E-state index contributed by atoms with van der Waals surface area (Å²) in [6.07, 6.45) is 1.43. The maximum absolute atomic E-state index is 14.1. The Morgan fingerprint density at radius 1 is 1.29 bits per heavy atom. The van der Waals surface area contributed by atoms with Gasteiger partial charge in [-0.1, -0.05) is 16.8 Å². The normalized spacial score (nSPS) is 16.4. The number of nitrogens with zero attached hydrogens (tertiary/aromatic N) is 3. The minimum Gasteiger partial charge on any atom is -0.497 e. The summed E-state index contributed by atoms with van der Waals surface area (Å²) in [7, 11) is 1.59. The van der Waals surface area contributed by atoms with Crippen LogP contribution < -0.4 is 4.74 Å². The molecule has 1 saturated heterocycles. The lowest BCUT2D eigenvalue weighted by atomic mass is 10.1. The van der Waals surface area contributed by atoms with Crippen molar-refractivity contribution in [2.24, 2.45) is 0 Å². The van der Waals surface area contributed by atoms with Crippen LogP contribution in [0.1, 0.15) is 35.1 Å². The lowest BCUT2D eigenvalue weighted by Crippen LogP contribution is -2.31. The zero-order chi connectivity index (χ0) is 19.7. The molecule has 8 heteroatoms. The van der Waals surface area contributed by atoms with E-state index in [-0.39, 0.29) is 5.56 Å². The number of aromatic nitrogens is 2. The molecule has 0 spiro atoms. The van der Waals surface area contributed by atoms with Crippen LogP contribution in [0.3, 0.4) is 0 Å². The van der Waals surface area contributed by atoms with Gasteiger partial charge in [-0.3, -0.25) is 4.79 Å². The van der Waals surface area contributed by atoms with Crippen molar-refractivity contribution in [2.45, 2.75) is 18.9 Å². The summed E-state index contributed by atoms with van der Waals surface area (Å²) in [6, 6.07) is 10.8. The zero-order valence-corrected chi connectivity index (χ0v) is 15.8. The van der Waals surface area contributed by atoms with E-state index in [9.17, 15) is 9.18 Å². The summed E-state index contributed by atoms with van der Waals surface area (Å²) >= 11 is 5.93. The van der Waals surface area contributed by atoms with Gasteiger partial charge in [-0.2, -0.15) is 4.98 Å². The van der Waals surface area contributed by atoms with E-state index in [0.29, 0.717) is 29.7 Å². The number of hydrogen-bond donors (Lipinski definition) is 0. The quantitative estimate of drug-likeness (QED) is 0.643. The van der Waals surface area contributed by atoms with Crippen molar-refractivity contribution in [1.29, 1.82) is 0 Å². The van der Waals surface area contributed by atoms with Gasteiger partial charge in [0.15, 0.2) is 0 Å². The molecule has 0 saturated carbocycles. The Bertz CT molecular complexity index is 1010. The SMILES string of the molecule is COc1ccc(-c2noc(C3CCCN3C(=O)c3cc(Cl)ccc3F)n2)cc1. The van der Waals surface area contributed by atoms with E-state index in [1.54, 1.807) is 24.1 Å². The number of amides is 1. The second-order valence-electron chi connectivity index (χ2n) is 6.47. The van der Waals surface area contributed by atoms with Crippen LogP contribution in [-0.4, -0.2) is 34.6 Å². The third-order valence-corrected chi connectivity index (χ3v) is 4.98. The molecule has 6 nitrogen and oxygen atoms in total. The molecule has 0 aliphatic carbocycles. The predicted molar refractivity (Wildman–Crippen MR) is 101 cm³/mol. The van der Waals surface area contributed by atoms with Gasteiger partial charge in [-0.25, -0.2) is 4.39 Å². The van der Waals surface area contributed by atoms with E-state index in [1.165, 1.54) is 18.2 Å². The Morgan fingerprint density at radius 2 is 2.07 bits per heavy atom. The molecule has 1 aromatic heterocycles. The Kier molecular flexibility index (Phi) is 5.00. The van der Waals surface area contributed by atoms with Crippen molar-refractivity contribution in [3.05, 3.63) is 64.8 Å². The second-order valence-corrected chi connectivity index (χ2v) is 6.90. The molecule has 28 heavy (non-hydrogen) atoms. The van der Waals surface area contributed by atoms with Crippen LogP contribution in [-0.2, 0) is 0 Å². The molecule has 2 aromatic carbocycles. The molecule has 0 N–H and O–H groups in total. The fraction of sp³-hybridized carbons (Fsp3) is 0.250. The second kappa shape index (κ2) is 7.59. The van der Waals surface area contributed by atoms with Crippen molar-refractivity contribution in [3.63, 3.8) is 0 Å². The van der Waals surface area contributed by atoms with Gasteiger partial charge in [0.2, 0.25) is 11.7 Å². The smallest absolute Gasteiger partial charge is 0.257 e. The van der Waals surface area contributed by atoms with Gasteiger partial charge in [0.05, 0.1) is 12.7 Å². The molecular weight excluding hydrogens is 385 g/mol. The Balaban J connectivity index is 1.59. The maximum atomic E-state index is 14.1. The van der Waals surface area contributed by atoms with Crippen LogP contribution in [0.2, 0.25) is 5.02 Å². The first-order chi connectivity index (χ1) is 13.6. The van der Waals surface area contributed by atoms with Crippen molar-refractivity contribution in [3.8, 4) is 17.1 Å². The average molecular weight is 402 g/mol. The van der Waals surface area contributed by atoms with E-state index >= 15 is 0 Å². The molecule has 0 bridgehead atoms. The predicted octanol–water partition coefficient (Wildman–Crippen LogP) is 4.52. The first-order valence-electron chi connectivity index (χ1n) is 8.81. The summed E-state index contributed by atoms with van der Waals surface area (Å²) in [4.78, 5) is 18.9. The van der Waals surface area contributed by atoms with Gasteiger partial charge in [0.25, 0.3) is 5.91 Å². The zero-order valence-electron chi connectivity index (χ0n) is 15.1. The van der Waals surface area contributed by atoms with Crippen LogP contribution in [0.15, 0.2) is 47.0 Å². The molecule has 144 valence electrons. The van der Waals surface area contributed by atoms with Crippen molar-refractivity contribution >= 4 is 17.5 Å². The lowest BCUT2D eigenvalue weighted by molar-refractivity contribution is 0.0705. The maximum Gasteiger partial charge on any atom is 0.257 e. The standard InChI is InChI=1S/C20H17ClFN3O3/c1-27-14-7-4-12(5-8-14)18-23-19(28-24-18)17-3-2-10-25(17)20(26)15-11-13(21)6-9-16(15)22/h4-9,11,17H,2-3,10H2,1H3. The number of hydrogen-bond acceptors (Lipinski definition) is 5. The minimum atomic E-state index is -0.607. The number of halogens is 2. The molecule has 1 fully saturated rings. The summed E-state index contributed by atoms with van der Waals surface area (Å²) in [5, 5.41) is 4.33. The first kappa shape index (κ1) is 18.4. The molecule has 1 aliphatic rings. The largest absolute Gasteiger partial charge is 0.497 e. The van der Waals surface area contributed by atoms with Gasteiger partial charge in [0, 0.05) is 17.1 Å². The van der Waals surface area contributed by atoms with Crippen molar-refractivity contribution in [2.75, 3.05) is 13.7 Å².